The summed E-state index contributed by atoms with van der Waals surface area (Å²) in [6.45, 7) is 2.81. The van der Waals surface area contributed by atoms with Crippen molar-refractivity contribution in [3.05, 3.63) is 22.4 Å². The molecule has 2 N–H and O–H groups in total. The lowest BCUT2D eigenvalue weighted by Crippen LogP contribution is -2.10. The number of thiophene rings is 1. The molecule has 0 saturated carbocycles. The first-order valence-electron chi connectivity index (χ1n) is 4.15. The quantitative estimate of drug-likeness (QED) is 0.714. The zero-order valence-corrected chi connectivity index (χ0v) is 8.14. The average molecular weight is 185 g/mol. The zero-order chi connectivity index (χ0) is 8.81. The minimum atomic E-state index is 0.551. The number of rotatable bonds is 5. The Morgan fingerprint density at radius 3 is 3.08 bits per heavy atom. The second-order valence-corrected chi connectivity index (χ2v) is 3.89. The first kappa shape index (κ1) is 9.71. The van der Waals surface area contributed by atoms with Crippen molar-refractivity contribution in [3.8, 4) is 0 Å². The van der Waals surface area contributed by atoms with E-state index < -0.39 is 0 Å². The molecule has 0 spiro atoms. The standard InChI is InChI=1S/C9H15NOS/c1-8(6-11-10)2-3-9-4-5-12-7-9/h4-5,7-8H,2-3,6,10H2,1H3. The van der Waals surface area contributed by atoms with Crippen molar-refractivity contribution < 1.29 is 4.84 Å². The fourth-order valence-corrected chi connectivity index (χ4v) is 1.80. The molecule has 2 nitrogen and oxygen atoms in total. The van der Waals surface area contributed by atoms with E-state index in [4.69, 9.17) is 5.90 Å². The molecule has 0 aliphatic rings. The third-order valence-corrected chi connectivity index (χ3v) is 2.62. The molecule has 0 aliphatic heterocycles. The van der Waals surface area contributed by atoms with Gasteiger partial charge in [-0.25, -0.2) is 5.90 Å². The van der Waals surface area contributed by atoms with Crippen LogP contribution in [0.25, 0.3) is 0 Å². The van der Waals surface area contributed by atoms with Crippen LogP contribution in [-0.2, 0) is 11.3 Å². The van der Waals surface area contributed by atoms with Crippen LogP contribution in [0.5, 0.6) is 0 Å². The van der Waals surface area contributed by atoms with E-state index in [1.165, 1.54) is 5.56 Å². The van der Waals surface area contributed by atoms with E-state index in [0.717, 1.165) is 12.8 Å². The van der Waals surface area contributed by atoms with Crippen LogP contribution in [0.15, 0.2) is 16.8 Å². The van der Waals surface area contributed by atoms with Crippen molar-refractivity contribution in [3.63, 3.8) is 0 Å². The molecule has 3 heteroatoms. The zero-order valence-electron chi connectivity index (χ0n) is 7.32. The van der Waals surface area contributed by atoms with E-state index in [0.29, 0.717) is 12.5 Å². The van der Waals surface area contributed by atoms with E-state index >= 15 is 0 Å². The normalized spacial score (nSPS) is 13.2. The van der Waals surface area contributed by atoms with Crippen LogP contribution in [0, 0.1) is 5.92 Å². The summed E-state index contributed by atoms with van der Waals surface area (Å²) in [6, 6.07) is 2.17. The molecule has 68 valence electrons. The Bertz CT molecular complexity index is 198. The highest BCUT2D eigenvalue weighted by Crippen LogP contribution is 2.12. The Morgan fingerprint density at radius 2 is 2.50 bits per heavy atom. The average Bonchev–Trinajstić information content (AvgIpc) is 2.53. The van der Waals surface area contributed by atoms with Gasteiger partial charge >= 0.3 is 0 Å². The van der Waals surface area contributed by atoms with Crippen molar-refractivity contribution in [2.24, 2.45) is 11.8 Å². The molecule has 0 radical (unpaired) electrons. The first-order valence-corrected chi connectivity index (χ1v) is 5.10. The minimum absolute atomic E-state index is 0.551. The Labute approximate surface area is 77.3 Å². The van der Waals surface area contributed by atoms with Gasteiger partial charge in [-0.3, -0.25) is 0 Å². The molecule has 1 aromatic rings. The molecular weight excluding hydrogens is 170 g/mol. The van der Waals surface area contributed by atoms with Gasteiger partial charge in [0.1, 0.15) is 0 Å². The molecule has 0 saturated heterocycles. The summed E-state index contributed by atoms with van der Waals surface area (Å²) in [4.78, 5) is 4.58. The lowest BCUT2D eigenvalue weighted by Gasteiger charge is -2.07. The summed E-state index contributed by atoms with van der Waals surface area (Å²) < 4.78 is 0. The van der Waals surface area contributed by atoms with Gasteiger partial charge in [0, 0.05) is 0 Å². The molecule has 0 amide bonds. The SMILES string of the molecule is CC(CCc1ccsc1)CON. The fraction of sp³-hybridized carbons (Fsp3) is 0.556. The Hall–Kier alpha value is -0.380. The monoisotopic (exact) mass is 185 g/mol. The molecule has 1 rings (SSSR count). The number of aryl methyl sites for hydroxylation is 1. The first-order chi connectivity index (χ1) is 5.83. The molecule has 1 unspecified atom stereocenters. The smallest absolute Gasteiger partial charge is 0.0704 e. The van der Waals surface area contributed by atoms with Crippen molar-refractivity contribution >= 4 is 11.3 Å². The van der Waals surface area contributed by atoms with Crippen molar-refractivity contribution in [1.29, 1.82) is 0 Å². The van der Waals surface area contributed by atoms with Crippen LogP contribution >= 0.6 is 11.3 Å². The van der Waals surface area contributed by atoms with Gasteiger partial charge in [-0.2, -0.15) is 11.3 Å². The van der Waals surface area contributed by atoms with Gasteiger partial charge in [0.05, 0.1) is 6.61 Å². The predicted molar refractivity (Wildman–Crippen MR) is 51.9 cm³/mol. The second-order valence-electron chi connectivity index (χ2n) is 3.11. The van der Waals surface area contributed by atoms with Crippen molar-refractivity contribution in [2.75, 3.05) is 6.61 Å². The summed E-state index contributed by atoms with van der Waals surface area (Å²) in [6.07, 6.45) is 2.28. The summed E-state index contributed by atoms with van der Waals surface area (Å²) in [7, 11) is 0. The molecular formula is C9H15NOS. The Balaban J connectivity index is 2.17. The van der Waals surface area contributed by atoms with Crippen LogP contribution in [0.4, 0.5) is 0 Å². The molecule has 0 aliphatic carbocycles. The Kier molecular flexibility index (Phi) is 4.29. The van der Waals surface area contributed by atoms with E-state index in [1.54, 1.807) is 11.3 Å². The van der Waals surface area contributed by atoms with Crippen LogP contribution in [0.1, 0.15) is 18.9 Å². The number of hydrogen-bond donors (Lipinski definition) is 1. The molecule has 1 aromatic heterocycles. The maximum atomic E-state index is 4.98. The van der Waals surface area contributed by atoms with Gasteiger partial charge in [0.25, 0.3) is 0 Å². The summed E-state index contributed by atoms with van der Waals surface area (Å²) in [5, 5.41) is 4.30. The summed E-state index contributed by atoms with van der Waals surface area (Å²) in [5.74, 6) is 5.53. The summed E-state index contributed by atoms with van der Waals surface area (Å²) in [5.41, 5.74) is 1.42. The van der Waals surface area contributed by atoms with Gasteiger partial charge in [-0.05, 0) is 41.1 Å². The van der Waals surface area contributed by atoms with Gasteiger partial charge in [-0.15, -0.1) is 0 Å². The number of hydrogen-bond acceptors (Lipinski definition) is 3. The van der Waals surface area contributed by atoms with Crippen molar-refractivity contribution in [2.45, 2.75) is 19.8 Å². The highest BCUT2D eigenvalue weighted by atomic mass is 32.1. The molecule has 0 aromatic carbocycles. The third kappa shape index (κ3) is 3.34. The van der Waals surface area contributed by atoms with Crippen LogP contribution < -0.4 is 5.90 Å². The molecule has 1 atom stereocenters. The molecule has 0 fully saturated rings. The summed E-state index contributed by atoms with van der Waals surface area (Å²) >= 11 is 1.75. The van der Waals surface area contributed by atoms with Gasteiger partial charge in [0.2, 0.25) is 0 Å². The van der Waals surface area contributed by atoms with Crippen LogP contribution in [-0.4, -0.2) is 6.61 Å². The third-order valence-electron chi connectivity index (χ3n) is 1.89. The molecule has 0 bridgehead atoms. The molecule has 1 heterocycles. The predicted octanol–water partition coefficient (Wildman–Crippen LogP) is 2.21. The van der Waals surface area contributed by atoms with Gasteiger partial charge < -0.3 is 4.84 Å². The minimum Gasteiger partial charge on any atom is -0.304 e. The second kappa shape index (κ2) is 5.30. The fourth-order valence-electron chi connectivity index (χ4n) is 1.10. The maximum Gasteiger partial charge on any atom is 0.0704 e. The largest absolute Gasteiger partial charge is 0.304 e. The Morgan fingerprint density at radius 1 is 1.67 bits per heavy atom. The lowest BCUT2D eigenvalue weighted by molar-refractivity contribution is 0.104. The van der Waals surface area contributed by atoms with E-state index in [9.17, 15) is 0 Å². The number of nitrogens with two attached hydrogens (primary N) is 1. The molecule has 12 heavy (non-hydrogen) atoms. The van der Waals surface area contributed by atoms with Gasteiger partial charge in [0.15, 0.2) is 0 Å². The van der Waals surface area contributed by atoms with Gasteiger partial charge in [-0.1, -0.05) is 6.92 Å². The van der Waals surface area contributed by atoms with Crippen molar-refractivity contribution in [1.82, 2.24) is 0 Å². The highest BCUT2D eigenvalue weighted by molar-refractivity contribution is 7.07. The maximum absolute atomic E-state index is 4.98. The van der Waals surface area contributed by atoms with E-state index in [1.807, 2.05) is 0 Å². The topological polar surface area (TPSA) is 35.2 Å². The van der Waals surface area contributed by atoms with E-state index in [2.05, 4.69) is 28.6 Å². The van der Waals surface area contributed by atoms with Crippen LogP contribution in [0.3, 0.4) is 0 Å². The van der Waals surface area contributed by atoms with E-state index in [-0.39, 0.29) is 0 Å². The highest BCUT2D eigenvalue weighted by Gasteiger charge is 2.02. The van der Waals surface area contributed by atoms with Crippen LogP contribution in [0.2, 0.25) is 0 Å². The lowest BCUT2D eigenvalue weighted by atomic mass is 10.0.